The Morgan fingerprint density at radius 3 is 1.37 bits per heavy atom. The number of rotatable bonds is 2. The van der Waals surface area contributed by atoms with E-state index < -0.39 is 0 Å². The van der Waals surface area contributed by atoms with Crippen molar-refractivity contribution < 1.29 is 0 Å². The molecule has 0 radical (unpaired) electrons. The van der Waals surface area contributed by atoms with Gasteiger partial charge in [-0.2, -0.15) is 0 Å². The maximum absolute atomic E-state index is 5.96. The minimum Gasteiger partial charge on any atom is -0.399 e. The van der Waals surface area contributed by atoms with Gasteiger partial charge in [-0.1, -0.05) is 23.2 Å². The molecule has 2 nitrogen and oxygen atoms in total. The van der Waals surface area contributed by atoms with Crippen LogP contribution in [0.1, 0.15) is 0 Å². The predicted molar refractivity (Wildman–Crippen MR) is 180 cm³/mol. The molecule has 2 N–H and O–H groups in total. The summed E-state index contributed by atoms with van der Waals surface area (Å²) in [6.07, 6.45) is 0. The summed E-state index contributed by atoms with van der Waals surface area (Å²) >= 11 is 25.7. The van der Waals surface area contributed by atoms with E-state index in [0.717, 1.165) is 21.4 Å². The summed E-state index contributed by atoms with van der Waals surface area (Å²) < 4.78 is 7.39. The molecule has 0 aliphatic carbocycles. The lowest BCUT2D eigenvalue weighted by atomic mass is 10.3. The summed E-state index contributed by atoms with van der Waals surface area (Å²) in [4.78, 5) is 2.61. The molecule has 0 amide bonds. The van der Waals surface area contributed by atoms with E-state index in [4.69, 9.17) is 28.9 Å². The molecule has 0 fully saturated rings. The van der Waals surface area contributed by atoms with Crippen LogP contribution in [0.4, 0.5) is 5.69 Å². The molecule has 192 valence electrons. The van der Waals surface area contributed by atoms with Crippen molar-refractivity contribution in [3.8, 4) is 15.4 Å². The summed E-state index contributed by atoms with van der Waals surface area (Å²) in [5.74, 6) is 0. The molecule has 5 aromatic heterocycles. The highest BCUT2D eigenvalue weighted by atomic mass is 79.9. The second-order valence-electron chi connectivity index (χ2n) is 7.83. The second kappa shape index (κ2) is 12.7. The Kier molecular flexibility index (Phi) is 9.33. The van der Waals surface area contributed by atoms with Gasteiger partial charge < -0.3 is 10.3 Å². The van der Waals surface area contributed by atoms with E-state index in [2.05, 4.69) is 94.3 Å². The van der Waals surface area contributed by atoms with Gasteiger partial charge in [0.15, 0.2) is 0 Å². The van der Waals surface area contributed by atoms with Crippen molar-refractivity contribution in [2.75, 3.05) is 5.73 Å². The van der Waals surface area contributed by atoms with Crippen molar-refractivity contribution in [2.24, 2.45) is 0 Å². The largest absolute Gasteiger partial charge is 0.399 e. The highest BCUT2D eigenvalue weighted by Gasteiger charge is 2.14. The molecule has 10 heteroatoms. The number of hydrogen-bond acceptors (Lipinski definition) is 5. The van der Waals surface area contributed by atoms with E-state index >= 15 is 0 Å². The maximum Gasteiger partial charge on any atom is 0.0704 e. The number of anilines is 1. The maximum atomic E-state index is 5.96. The van der Waals surface area contributed by atoms with Gasteiger partial charge in [0.05, 0.1) is 30.2 Å². The Morgan fingerprint density at radius 1 is 0.553 bits per heavy atom. The van der Waals surface area contributed by atoms with Gasteiger partial charge in [-0.15, -0.1) is 45.3 Å². The van der Waals surface area contributed by atoms with Gasteiger partial charge in [-0.25, -0.2) is 0 Å². The van der Waals surface area contributed by atoms with Crippen LogP contribution in [0, 0.1) is 0 Å². The molecule has 0 aliphatic rings. The Labute approximate surface area is 263 Å². The molecule has 7 rings (SSSR count). The minimum atomic E-state index is 0.721. The zero-order chi connectivity index (χ0) is 26.6. The third-order valence-electron chi connectivity index (χ3n) is 5.37. The first-order valence-electron chi connectivity index (χ1n) is 11.1. The first-order valence-corrected chi connectivity index (χ1v) is 17.0. The number of nitrogens with zero attached hydrogens (tertiary/aromatic N) is 1. The van der Waals surface area contributed by atoms with Crippen molar-refractivity contribution >= 4 is 127 Å². The SMILES string of the molecule is Brc1ccsc1-c1sccc1Br.Clc1ccc(-n2c3ccsc3c3sccc32)cc1.Nc1ccc(Cl)cc1. The molecule has 5 heterocycles. The minimum absolute atomic E-state index is 0.721. The number of aromatic nitrogens is 1. The summed E-state index contributed by atoms with van der Waals surface area (Å²) in [5.41, 5.74) is 9.84. The van der Waals surface area contributed by atoms with Crippen LogP contribution < -0.4 is 5.73 Å². The fourth-order valence-corrected chi connectivity index (χ4v) is 9.46. The van der Waals surface area contributed by atoms with Crippen LogP contribution in [0.5, 0.6) is 0 Å². The van der Waals surface area contributed by atoms with E-state index in [-0.39, 0.29) is 0 Å². The van der Waals surface area contributed by atoms with Crippen LogP contribution >= 0.6 is 100 Å². The van der Waals surface area contributed by atoms with E-state index in [1.165, 1.54) is 39.1 Å². The van der Waals surface area contributed by atoms with Gasteiger partial charge in [-0.05, 0) is 126 Å². The van der Waals surface area contributed by atoms with Crippen molar-refractivity contribution in [3.05, 3.63) is 113 Å². The molecule has 0 bridgehead atoms. The number of nitrogen functional groups attached to an aromatic ring is 1. The van der Waals surface area contributed by atoms with E-state index in [1.54, 1.807) is 69.6 Å². The van der Waals surface area contributed by atoms with Crippen LogP contribution in [0.2, 0.25) is 10.0 Å². The second-order valence-corrected chi connectivity index (χ2v) is 14.1. The molecule has 2 aromatic carbocycles. The Hall–Kier alpha value is -1.62. The van der Waals surface area contributed by atoms with Crippen LogP contribution in [0.25, 0.3) is 35.9 Å². The van der Waals surface area contributed by atoms with Gasteiger partial charge in [0, 0.05) is 30.4 Å². The zero-order valence-electron chi connectivity index (χ0n) is 19.4. The summed E-state index contributed by atoms with van der Waals surface area (Å²) in [6, 6.07) is 23.6. The topological polar surface area (TPSA) is 30.9 Å². The summed E-state index contributed by atoms with van der Waals surface area (Å²) in [7, 11) is 0. The van der Waals surface area contributed by atoms with Crippen LogP contribution in [0.3, 0.4) is 0 Å². The van der Waals surface area contributed by atoms with E-state index in [0.29, 0.717) is 0 Å². The fourth-order valence-electron chi connectivity index (χ4n) is 3.67. The lowest BCUT2D eigenvalue weighted by Crippen LogP contribution is -1.91. The molecular weight excluding hydrogens is 723 g/mol. The lowest BCUT2D eigenvalue weighted by molar-refractivity contribution is 1.18. The molecule has 0 spiro atoms. The van der Waals surface area contributed by atoms with Crippen LogP contribution in [0.15, 0.2) is 103 Å². The average molecular weight is 741 g/mol. The highest BCUT2D eigenvalue weighted by molar-refractivity contribution is 9.11. The van der Waals surface area contributed by atoms with Crippen molar-refractivity contribution in [1.82, 2.24) is 4.57 Å². The lowest BCUT2D eigenvalue weighted by Gasteiger charge is -2.05. The standard InChI is InChI=1S/C14H8ClNS2.C8H4Br2S2.C6H6ClN/c15-9-1-3-10(4-2-9)16-11-5-7-17-13(11)14-12(16)6-8-18-14;9-5-1-3-11-7(5)8-6(10)2-4-12-8;7-5-1-3-6(8)4-2-5/h1-8H;1-4H;1-4H,8H2. The first-order chi connectivity index (χ1) is 18.4. The Morgan fingerprint density at radius 2 is 0.974 bits per heavy atom. The summed E-state index contributed by atoms with van der Waals surface area (Å²) in [6.45, 7) is 0. The number of halogens is 4. The first kappa shape index (κ1) is 27.9. The van der Waals surface area contributed by atoms with Gasteiger partial charge >= 0.3 is 0 Å². The van der Waals surface area contributed by atoms with Gasteiger partial charge in [-0.3, -0.25) is 0 Å². The third kappa shape index (κ3) is 6.24. The molecule has 0 atom stereocenters. The Bertz CT molecular complexity index is 1670. The molecule has 38 heavy (non-hydrogen) atoms. The highest BCUT2D eigenvalue weighted by Crippen LogP contribution is 2.41. The number of fused-ring (bicyclic) bond motifs is 3. The molecule has 0 saturated carbocycles. The number of hydrogen-bond donors (Lipinski definition) is 1. The van der Waals surface area contributed by atoms with Crippen LogP contribution in [-0.2, 0) is 0 Å². The van der Waals surface area contributed by atoms with Crippen molar-refractivity contribution in [1.29, 1.82) is 0 Å². The number of thiophene rings is 4. The average Bonchev–Trinajstić information content (AvgIpc) is 3.72. The number of benzene rings is 2. The predicted octanol–water partition coefficient (Wildman–Crippen LogP) is 12.5. The molecule has 0 saturated heterocycles. The molecule has 0 aliphatic heterocycles. The summed E-state index contributed by atoms with van der Waals surface area (Å²) in [5, 5.41) is 9.97. The van der Waals surface area contributed by atoms with Gasteiger partial charge in [0.1, 0.15) is 0 Å². The van der Waals surface area contributed by atoms with E-state index in [1.807, 2.05) is 12.1 Å². The van der Waals surface area contributed by atoms with Gasteiger partial charge in [0.25, 0.3) is 0 Å². The monoisotopic (exact) mass is 738 g/mol. The fraction of sp³-hybridized carbons (Fsp3) is 0. The quantitative estimate of drug-likeness (QED) is 0.176. The number of nitrogens with two attached hydrogens (primary N) is 1. The van der Waals surface area contributed by atoms with Crippen molar-refractivity contribution in [3.63, 3.8) is 0 Å². The third-order valence-corrected chi connectivity index (χ3v) is 11.7. The van der Waals surface area contributed by atoms with Crippen molar-refractivity contribution in [2.45, 2.75) is 0 Å². The smallest absolute Gasteiger partial charge is 0.0704 e. The van der Waals surface area contributed by atoms with E-state index in [9.17, 15) is 0 Å². The molecular formula is C28H18Br2Cl2N2S4. The normalized spacial score (nSPS) is 10.7. The molecule has 0 unspecified atom stereocenters. The Balaban J connectivity index is 0.000000127. The zero-order valence-corrected chi connectivity index (χ0v) is 27.4. The van der Waals surface area contributed by atoms with Crippen LogP contribution in [-0.4, -0.2) is 4.57 Å². The van der Waals surface area contributed by atoms with Gasteiger partial charge in [0.2, 0.25) is 0 Å². The molecule has 7 aromatic rings.